The van der Waals surface area contributed by atoms with Gasteiger partial charge in [0.25, 0.3) is 5.91 Å². The van der Waals surface area contributed by atoms with Crippen LogP contribution in [0.5, 0.6) is 5.75 Å². The predicted molar refractivity (Wildman–Crippen MR) is 211 cm³/mol. The Morgan fingerprint density at radius 1 is 0.732 bits per heavy atom. The van der Waals surface area contributed by atoms with Crippen molar-refractivity contribution in [3.8, 4) is 5.75 Å². The van der Waals surface area contributed by atoms with Crippen LogP contribution in [0.15, 0.2) is 84.9 Å². The van der Waals surface area contributed by atoms with Crippen molar-refractivity contribution < 1.29 is 29.0 Å². The fourth-order valence-corrected chi connectivity index (χ4v) is 9.86. The SMILES string of the molecule is O=C1CCC(N2Cc3cc(N4CCN(CC5(O)CCN(c6ccc([C@@H]7c8ccc(O)cc8CC[C@@H]7c7ccc(F)cc7)cc6)CC5)CC4)ccc3C2=O)C(=O)N1. The number of phenols is 1. The average molecular weight is 758 g/mol. The zero-order valence-electron chi connectivity index (χ0n) is 31.5. The number of aromatic hydroxyl groups is 1. The van der Waals surface area contributed by atoms with Crippen LogP contribution in [0.3, 0.4) is 0 Å². The van der Waals surface area contributed by atoms with E-state index in [-0.39, 0.29) is 41.6 Å². The lowest BCUT2D eigenvalue weighted by Crippen LogP contribution is -2.55. The van der Waals surface area contributed by atoms with Crippen LogP contribution in [0.4, 0.5) is 15.8 Å². The van der Waals surface area contributed by atoms with Crippen LogP contribution in [0.2, 0.25) is 0 Å². The average Bonchev–Trinajstić information content (AvgIpc) is 3.53. The van der Waals surface area contributed by atoms with Gasteiger partial charge >= 0.3 is 0 Å². The van der Waals surface area contributed by atoms with E-state index in [1.54, 1.807) is 23.1 Å². The first-order chi connectivity index (χ1) is 27.1. The number of amides is 3. The van der Waals surface area contributed by atoms with Gasteiger partial charge in [-0.1, -0.05) is 30.3 Å². The lowest BCUT2D eigenvalue weighted by Gasteiger charge is -2.44. The maximum Gasteiger partial charge on any atom is 0.255 e. The molecule has 9 rings (SSSR count). The highest BCUT2D eigenvalue weighted by Crippen LogP contribution is 2.47. The summed E-state index contributed by atoms with van der Waals surface area (Å²) in [6.07, 6.45) is 3.73. The van der Waals surface area contributed by atoms with Crippen LogP contribution in [-0.2, 0) is 22.6 Å². The molecule has 56 heavy (non-hydrogen) atoms. The van der Waals surface area contributed by atoms with E-state index in [0.717, 1.165) is 80.2 Å². The van der Waals surface area contributed by atoms with E-state index in [1.807, 2.05) is 36.4 Å². The molecule has 4 heterocycles. The van der Waals surface area contributed by atoms with E-state index >= 15 is 0 Å². The molecule has 3 N–H and O–H groups in total. The number of carbonyl (C=O) groups is 3. The minimum absolute atomic E-state index is 0.0908. The number of piperidine rings is 2. The number of imide groups is 1. The van der Waals surface area contributed by atoms with Gasteiger partial charge in [0, 0.05) is 81.6 Å². The molecule has 5 aliphatic rings. The molecule has 0 aromatic heterocycles. The van der Waals surface area contributed by atoms with Gasteiger partial charge in [-0.2, -0.15) is 0 Å². The van der Waals surface area contributed by atoms with Gasteiger partial charge in [0.1, 0.15) is 17.6 Å². The van der Waals surface area contributed by atoms with Gasteiger partial charge in [-0.3, -0.25) is 24.6 Å². The Labute approximate surface area is 326 Å². The third kappa shape index (κ3) is 7.03. The van der Waals surface area contributed by atoms with Crippen LogP contribution in [0, 0.1) is 5.82 Å². The Bertz CT molecular complexity index is 2140. The first kappa shape index (κ1) is 36.4. The Morgan fingerprint density at radius 2 is 1.43 bits per heavy atom. The predicted octanol–water partition coefficient (Wildman–Crippen LogP) is 5.31. The molecule has 4 aromatic rings. The minimum Gasteiger partial charge on any atom is -0.508 e. The largest absolute Gasteiger partial charge is 0.508 e. The Balaban J connectivity index is 0.799. The Morgan fingerprint density at radius 3 is 2.16 bits per heavy atom. The molecule has 1 unspecified atom stereocenters. The normalized spacial score (nSPS) is 23.9. The third-order valence-electron chi connectivity index (χ3n) is 13.0. The summed E-state index contributed by atoms with van der Waals surface area (Å²) in [7, 11) is 0. The van der Waals surface area contributed by atoms with Crippen LogP contribution in [0.25, 0.3) is 0 Å². The number of piperazine rings is 1. The number of β-amino-alcohol motifs (C(OH)–C–C–N with tert-alkyl or cyclic N) is 1. The number of halogens is 1. The third-order valence-corrected chi connectivity index (χ3v) is 13.0. The summed E-state index contributed by atoms with van der Waals surface area (Å²) < 4.78 is 13.9. The highest BCUT2D eigenvalue weighted by atomic mass is 19.1. The van der Waals surface area contributed by atoms with Gasteiger partial charge in [-0.05, 0) is 120 Å². The number of benzene rings is 4. The van der Waals surface area contributed by atoms with Crippen LogP contribution >= 0.6 is 0 Å². The zero-order valence-corrected chi connectivity index (χ0v) is 31.5. The van der Waals surface area contributed by atoms with E-state index in [4.69, 9.17) is 0 Å². The van der Waals surface area contributed by atoms with Crippen molar-refractivity contribution in [3.63, 3.8) is 0 Å². The molecule has 0 spiro atoms. The summed E-state index contributed by atoms with van der Waals surface area (Å²) in [6, 6.07) is 26.7. The lowest BCUT2D eigenvalue weighted by molar-refractivity contribution is -0.136. The minimum atomic E-state index is -0.758. The number of anilines is 2. The first-order valence-corrected chi connectivity index (χ1v) is 20.0. The number of rotatable bonds is 7. The number of hydrogen-bond acceptors (Lipinski definition) is 8. The molecule has 0 radical (unpaired) electrons. The molecule has 3 fully saturated rings. The molecule has 3 saturated heterocycles. The number of nitrogens with zero attached hydrogens (tertiary/aromatic N) is 4. The maximum atomic E-state index is 13.9. The summed E-state index contributed by atoms with van der Waals surface area (Å²) in [5, 5.41) is 24.3. The molecule has 3 atom stereocenters. The fraction of sp³-hybridized carbons (Fsp3) is 0.400. The molecular weight excluding hydrogens is 710 g/mol. The smallest absolute Gasteiger partial charge is 0.255 e. The number of aryl methyl sites for hydroxylation is 1. The van der Waals surface area contributed by atoms with Crippen molar-refractivity contribution in [2.75, 3.05) is 55.6 Å². The van der Waals surface area contributed by atoms with E-state index in [9.17, 15) is 29.0 Å². The zero-order chi connectivity index (χ0) is 38.6. The number of aliphatic hydroxyl groups is 1. The summed E-state index contributed by atoms with van der Waals surface area (Å²) in [4.78, 5) is 45.9. The van der Waals surface area contributed by atoms with Crippen molar-refractivity contribution in [1.82, 2.24) is 15.1 Å². The molecule has 0 bridgehead atoms. The van der Waals surface area contributed by atoms with E-state index < -0.39 is 17.6 Å². The first-order valence-electron chi connectivity index (χ1n) is 20.0. The standard InChI is InChI=1S/C45H48FN5O5/c46-33-6-1-29(2-7-33)37-12-5-31-26-36(52)11-14-38(31)42(37)30-3-8-34(9-4-30)49-19-17-45(56,18-20-49)28-48-21-23-50(24-22-48)35-10-13-39-32(25-35)27-51(44(39)55)40-15-16-41(53)47-43(40)54/h1-4,6-11,13-14,25-26,37,40,42,52,56H,5,12,15-24,27-28H2,(H,47,53,54)/t37-,40?,42+/m1/s1. The van der Waals surface area contributed by atoms with Crippen molar-refractivity contribution in [1.29, 1.82) is 0 Å². The number of fused-ring (bicyclic) bond motifs is 2. The number of carbonyl (C=O) groups excluding carboxylic acids is 3. The molecule has 4 aromatic carbocycles. The summed E-state index contributed by atoms with van der Waals surface area (Å²) in [6.45, 7) is 5.81. The van der Waals surface area contributed by atoms with Crippen molar-refractivity contribution in [2.45, 2.75) is 68.5 Å². The van der Waals surface area contributed by atoms with Crippen molar-refractivity contribution in [2.24, 2.45) is 0 Å². The van der Waals surface area contributed by atoms with E-state index in [1.165, 1.54) is 11.1 Å². The number of hydrogen-bond donors (Lipinski definition) is 3. The maximum absolute atomic E-state index is 13.9. The number of nitrogens with one attached hydrogen (secondary N) is 1. The molecule has 0 saturated carbocycles. The van der Waals surface area contributed by atoms with Crippen molar-refractivity contribution >= 4 is 29.1 Å². The monoisotopic (exact) mass is 757 g/mol. The van der Waals surface area contributed by atoms with Crippen LogP contribution in [-0.4, -0.2) is 95.2 Å². The Hall–Kier alpha value is -5.26. The molecule has 3 amide bonds. The second-order valence-corrected chi connectivity index (χ2v) is 16.4. The Kier molecular flexibility index (Phi) is 9.53. The summed E-state index contributed by atoms with van der Waals surface area (Å²) in [5.41, 5.74) is 7.66. The van der Waals surface area contributed by atoms with Gasteiger partial charge in [0.2, 0.25) is 11.8 Å². The van der Waals surface area contributed by atoms with Gasteiger partial charge in [-0.25, -0.2) is 4.39 Å². The quantitative estimate of drug-likeness (QED) is 0.218. The molecule has 10 nitrogen and oxygen atoms in total. The summed E-state index contributed by atoms with van der Waals surface area (Å²) >= 11 is 0. The van der Waals surface area contributed by atoms with Gasteiger partial charge in [-0.15, -0.1) is 0 Å². The number of phenolic OH excluding ortho intramolecular Hbond substituents is 1. The lowest BCUT2D eigenvalue weighted by atomic mass is 9.69. The van der Waals surface area contributed by atoms with Crippen molar-refractivity contribution in [3.05, 3.63) is 124 Å². The highest BCUT2D eigenvalue weighted by Gasteiger charge is 2.40. The van der Waals surface area contributed by atoms with Gasteiger partial charge < -0.3 is 24.9 Å². The molecule has 290 valence electrons. The van der Waals surface area contributed by atoms with E-state index in [0.29, 0.717) is 37.9 Å². The molecule has 11 heteroatoms. The summed E-state index contributed by atoms with van der Waals surface area (Å²) in [5.74, 6) is -0.517. The topological polar surface area (TPSA) is 117 Å². The molecule has 4 aliphatic heterocycles. The van der Waals surface area contributed by atoms with E-state index in [2.05, 4.69) is 50.3 Å². The van der Waals surface area contributed by atoms with Crippen LogP contribution < -0.4 is 15.1 Å². The van der Waals surface area contributed by atoms with Crippen LogP contribution in [0.1, 0.15) is 82.1 Å². The molecule has 1 aliphatic carbocycles. The molecular formula is C45H48FN5O5. The second-order valence-electron chi connectivity index (χ2n) is 16.4. The van der Waals surface area contributed by atoms with Gasteiger partial charge in [0.15, 0.2) is 0 Å². The highest BCUT2D eigenvalue weighted by molar-refractivity contribution is 6.05. The second kappa shape index (κ2) is 14.7. The van der Waals surface area contributed by atoms with Gasteiger partial charge in [0.05, 0.1) is 5.60 Å². The fourth-order valence-electron chi connectivity index (χ4n) is 9.86.